The van der Waals surface area contributed by atoms with Crippen LogP contribution in [-0.4, -0.2) is 35.4 Å². The van der Waals surface area contributed by atoms with E-state index in [1.54, 1.807) is 48.5 Å². The van der Waals surface area contributed by atoms with E-state index in [4.69, 9.17) is 9.47 Å². The number of methoxy groups -OCH3 is 1. The fraction of sp³-hybridized carbons (Fsp3) is 0.190. The first-order valence-corrected chi connectivity index (χ1v) is 8.78. The van der Waals surface area contributed by atoms with Crippen molar-refractivity contribution >= 4 is 11.9 Å². The first-order chi connectivity index (χ1) is 13.6. The number of hydrogen-bond acceptors (Lipinski definition) is 5. The van der Waals surface area contributed by atoms with E-state index in [1.165, 1.54) is 0 Å². The molecule has 28 heavy (non-hydrogen) atoms. The van der Waals surface area contributed by atoms with E-state index in [2.05, 4.69) is 10.4 Å². The van der Waals surface area contributed by atoms with E-state index in [9.17, 15) is 9.59 Å². The number of aromatic nitrogens is 2. The summed E-state index contributed by atoms with van der Waals surface area (Å²) in [6, 6.07) is 15.7. The smallest absolute Gasteiger partial charge is 0.338 e. The van der Waals surface area contributed by atoms with Crippen molar-refractivity contribution in [2.24, 2.45) is 0 Å². The van der Waals surface area contributed by atoms with Crippen molar-refractivity contribution < 1.29 is 19.1 Å². The number of benzene rings is 2. The molecule has 0 saturated heterocycles. The summed E-state index contributed by atoms with van der Waals surface area (Å²) < 4.78 is 12.1. The molecule has 0 unspecified atom stereocenters. The maximum atomic E-state index is 12.2. The molecule has 7 heteroatoms. The third-order valence-corrected chi connectivity index (χ3v) is 4.19. The summed E-state index contributed by atoms with van der Waals surface area (Å²) in [5, 5.41) is 6.92. The third-order valence-electron chi connectivity index (χ3n) is 4.19. The van der Waals surface area contributed by atoms with Gasteiger partial charge in [0.1, 0.15) is 5.75 Å². The molecule has 1 atom stereocenters. The molecule has 0 aliphatic heterocycles. The topological polar surface area (TPSA) is 82.5 Å². The largest absolute Gasteiger partial charge is 0.496 e. The quantitative estimate of drug-likeness (QED) is 0.638. The maximum Gasteiger partial charge on any atom is 0.338 e. The van der Waals surface area contributed by atoms with Crippen LogP contribution in [0.25, 0.3) is 5.69 Å². The van der Waals surface area contributed by atoms with Gasteiger partial charge < -0.3 is 14.8 Å². The molecule has 144 valence electrons. The number of carbonyl (C=O) groups excluding carboxylic acids is 2. The molecule has 3 rings (SSSR count). The van der Waals surface area contributed by atoms with Crippen molar-refractivity contribution in [1.29, 1.82) is 0 Å². The van der Waals surface area contributed by atoms with E-state index < -0.39 is 5.97 Å². The Labute approximate surface area is 162 Å². The molecule has 2 aromatic carbocycles. The summed E-state index contributed by atoms with van der Waals surface area (Å²) in [4.78, 5) is 24.3. The van der Waals surface area contributed by atoms with E-state index in [-0.39, 0.29) is 18.6 Å². The van der Waals surface area contributed by atoms with Crippen LogP contribution in [-0.2, 0) is 9.53 Å². The SMILES string of the molecule is COc1ccccc1[C@H](C)NC(=O)COC(=O)c1ccc(-n2cccn2)cc1. The number of carbonyl (C=O) groups is 2. The zero-order chi connectivity index (χ0) is 19.9. The van der Waals surface area contributed by atoms with Crippen LogP contribution in [0.3, 0.4) is 0 Å². The molecule has 0 bridgehead atoms. The van der Waals surface area contributed by atoms with Crippen molar-refractivity contribution in [3.8, 4) is 11.4 Å². The van der Waals surface area contributed by atoms with Gasteiger partial charge in [-0.2, -0.15) is 5.10 Å². The Kier molecular flexibility index (Phi) is 6.06. The van der Waals surface area contributed by atoms with Crippen LogP contribution >= 0.6 is 0 Å². The van der Waals surface area contributed by atoms with Gasteiger partial charge in [0.05, 0.1) is 24.4 Å². The van der Waals surface area contributed by atoms with Gasteiger partial charge >= 0.3 is 5.97 Å². The van der Waals surface area contributed by atoms with Crippen LogP contribution in [0.2, 0.25) is 0 Å². The van der Waals surface area contributed by atoms with E-state index in [0.717, 1.165) is 11.3 Å². The Morgan fingerprint density at radius 3 is 2.54 bits per heavy atom. The molecule has 0 spiro atoms. The summed E-state index contributed by atoms with van der Waals surface area (Å²) >= 11 is 0. The second-order valence-corrected chi connectivity index (χ2v) is 6.10. The summed E-state index contributed by atoms with van der Waals surface area (Å²) in [6.45, 7) is 1.48. The van der Waals surface area contributed by atoms with Crippen LogP contribution in [0.5, 0.6) is 5.75 Å². The molecular formula is C21H21N3O4. The molecular weight excluding hydrogens is 358 g/mol. The maximum absolute atomic E-state index is 12.2. The van der Waals surface area contributed by atoms with Crippen molar-refractivity contribution in [3.05, 3.63) is 78.1 Å². The number of rotatable bonds is 7. The molecule has 3 aromatic rings. The van der Waals surface area contributed by atoms with Crippen molar-refractivity contribution in [2.75, 3.05) is 13.7 Å². The highest BCUT2D eigenvalue weighted by Gasteiger charge is 2.15. The predicted octanol–water partition coefficient (Wildman–Crippen LogP) is 2.92. The summed E-state index contributed by atoms with van der Waals surface area (Å²) in [5.74, 6) is -0.267. The Morgan fingerprint density at radius 2 is 1.86 bits per heavy atom. The molecule has 0 radical (unpaired) electrons. The summed E-state index contributed by atoms with van der Waals surface area (Å²) in [6.07, 6.45) is 3.48. The molecule has 0 aliphatic carbocycles. The Morgan fingerprint density at radius 1 is 1.11 bits per heavy atom. The second kappa shape index (κ2) is 8.85. The average molecular weight is 379 g/mol. The van der Waals surface area contributed by atoms with Gasteiger partial charge in [0, 0.05) is 18.0 Å². The van der Waals surface area contributed by atoms with Crippen molar-refractivity contribution in [2.45, 2.75) is 13.0 Å². The van der Waals surface area contributed by atoms with Crippen LogP contribution in [0.1, 0.15) is 28.9 Å². The van der Waals surface area contributed by atoms with Crippen molar-refractivity contribution in [1.82, 2.24) is 15.1 Å². The lowest BCUT2D eigenvalue weighted by molar-refractivity contribution is -0.124. The number of esters is 1. The Bertz CT molecular complexity index is 937. The molecule has 7 nitrogen and oxygen atoms in total. The fourth-order valence-corrected chi connectivity index (χ4v) is 2.77. The standard InChI is InChI=1S/C21H21N3O4/c1-15(18-6-3-4-7-19(18)27-2)23-20(25)14-28-21(26)16-8-10-17(11-9-16)24-13-5-12-22-24/h3-13,15H,14H2,1-2H3,(H,23,25)/t15-/m0/s1. The number of ether oxygens (including phenoxy) is 2. The molecule has 1 amide bonds. The van der Waals surface area contributed by atoms with E-state index in [1.807, 2.05) is 37.3 Å². The van der Waals surface area contributed by atoms with Crippen LogP contribution < -0.4 is 10.1 Å². The minimum absolute atomic E-state index is 0.282. The molecule has 0 saturated carbocycles. The lowest BCUT2D eigenvalue weighted by Crippen LogP contribution is -2.31. The van der Waals surface area contributed by atoms with Gasteiger partial charge in [0.15, 0.2) is 6.61 Å². The van der Waals surface area contributed by atoms with Gasteiger partial charge in [0.25, 0.3) is 5.91 Å². The van der Waals surface area contributed by atoms with Crippen molar-refractivity contribution in [3.63, 3.8) is 0 Å². The monoisotopic (exact) mass is 379 g/mol. The summed E-state index contributed by atoms with van der Waals surface area (Å²) in [7, 11) is 1.58. The zero-order valence-electron chi connectivity index (χ0n) is 15.7. The molecule has 1 N–H and O–H groups in total. The van der Waals surface area contributed by atoms with Crippen LogP contribution in [0.15, 0.2) is 67.0 Å². The highest BCUT2D eigenvalue weighted by molar-refractivity contribution is 5.91. The molecule has 0 aliphatic rings. The minimum atomic E-state index is -0.563. The molecule has 1 aromatic heterocycles. The summed E-state index contributed by atoms with van der Waals surface area (Å²) in [5.41, 5.74) is 2.03. The first-order valence-electron chi connectivity index (χ1n) is 8.78. The number of hydrogen-bond donors (Lipinski definition) is 1. The minimum Gasteiger partial charge on any atom is -0.496 e. The molecule has 0 fully saturated rings. The van der Waals surface area contributed by atoms with Crippen LogP contribution in [0, 0.1) is 0 Å². The van der Waals surface area contributed by atoms with E-state index in [0.29, 0.717) is 11.3 Å². The third kappa shape index (κ3) is 4.56. The number of para-hydroxylation sites is 1. The second-order valence-electron chi connectivity index (χ2n) is 6.10. The number of amides is 1. The van der Waals surface area contributed by atoms with Gasteiger partial charge in [-0.1, -0.05) is 18.2 Å². The lowest BCUT2D eigenvalue weighted by Gasteiger charge is -2.17. The lowest BCUT2D eigenvalue weighted by atomic mass is 10.1. The van der Waals surface area contributed by atoms with Gasteiger partial charge in [-0.3, -0.25) is 4.79 Å². The van der Waals surface area contributed by atoms with Crippen LogP contribution in [0.4, 0.5) is 0 Å². The van der Waals surface area contributed by atoms with Gasteiger partial charge in [-0.25, -0.2) is 9.48 Å². The first kappa shape index (κ1) is 19.2. The highest BCUT2D eigenvalue weighted by atomic mass is 16.5. The predicted molar refractivity (Wildman–Crippen MR) is 103 cm³/mol. The normalized spacial score (nSPS) is 11.5. The molecule has 1 heterocycles. The number of nitrogens with one attached hydrogen (secondary N) is 1. The average Bonchev–Trinajstić information content (AvgIpc) is 3.27. The fourth-order valence-electron chi connectivity index (χ4n) is 2.77. The Balaban J connectivity index is 1.53. The van der Waals surface area contributed by atoms with Gasteiger partial charge in [-0.15, -0.1) is 0 Å². The van der Waals surface area contributed by atoms with Gasteiger partial charge in [0.2, 0.25) is 0 Å². The number of nitrogens with zero attached hydrogens (tertiary/aromatic N) is 2. The zero-order valence-corrected chi connectivity index (χ0v) is 15.7. The van der Waals surface area contributed by atoms with Gasteiger partial charge in [-0.05, 0) is 43.3 Å². The van der Waals surface area contributed by atoms with E-state index >= 15 is 0 Å². The highest BCUT2D eigenvalue weighted by Crippen LogP contribution is 2.24. The Hall–Kier alpha value is -3.61.